The van der Waals surface area contributed by atoms with Gasteiger partial charge in [-0.15, -0.1) is 0 Å². The number of benzene rings is 1. The van der Waals surface area contributed by atoms with E-state index in [1.54, 1.807) is 13.8 Å². The van der Waals surface area contributed by atoms with Gasteiger partial charge in [0.15, 0.2) is 5.79 Å². The van der Waals surface area contributed by atoms with Gasteiger partial charge in [-0.25, -0.2) is 0 Å². The molecule has 0 bridgehead atoms. The summed E-state index contributed by atoms with van der Waals surface area (Å²) < 4.78 is 79.5. The third kappa shape index (κ3) is 5.65. The molecule has 0 unspecified atom stereocenters. The number of hydrogen-bond donors (Lipinski definition) is 0. The highest BCUT2D eigenvalue weighted by molar-refractivity contribution is 7.87. The highest BCUT2D eigenvalue weighted by Gasteiger charge is 2.49. The summed E-state index contributed by atoms with van der Waals surface area (Å²) in [5.74, 6) is -1.09. The molecule has 0 aromatic heterocycles. The maximum atomic E-state index is 12.3. The van der Waals surface area contributed by atoms with Gasteiger partial charge < -0.3 is 14.2 Å². The lowest BCUT2D eigenvalue weighted by atomic mass is 10.2. The Morgan fingerprint density at radius 2 is 1.64 bits per heavy atom. The average Bonchev–Trinajstić information content (AvgIpc) is 2.79. The summed E-state index contributed by atoms with van der Waals surface area (Å²) in [6, 6.07) is 9.25. The largest absolute Gasteiger partial charge is 0.523 e. The smallest absolute Gasteiger partial charge is 0.374 e. The summed E-state index contributed by atoms with van der Waals surface area (Å²) in [6.45, 7) is 2.60. The van der Waals surface area contributed by atoms with Crippen LogP contribution in [0.15, 0.2) is 30.3 Å². The first kappa shape index (κ1) is 20.1. The number of alkyl halides is 3. The van der Waals surface area contributed by atoms with E-state index in [4.69, 9.17) is 14.2 Å². The number of halogens is 3. The third-order valence-corrected chi connectivity index (χ3v) is 4.36. The molecule has 1 fully saturated rings. The third-order valence-electron chi connectivity index (χ3n) is 3.35. The van der Waals surface area contributed by atoms with E-state index in [9.17, 15) is 21.6 Å². The number of ether oxygens (including phenoxy) is 3. The Balaban J connectivity index is 1.91. The minimum absolute atomic E-state index is 0.0123. The minimum atomic E-state index is -5.69. The Bertz CT molecular complexity index is 660. The van der Waals surface area contributed by atoms with Crippen LogP contribution in [0.4, 0.5) is 13.2 Å². The van der Waals surface area contributed by atoms with Crippen LogP contribution in [0, 0.1) is 0 Å². The Morgan fingerprint density at radius 3 is 2.20 bits per heavy atom. The molecule has 0 amide bonds. The summed E-state index contributed by atoms with van der Waals surface area (Å²) >= 11 is 0. The van der Waals surface area contributed by atoms with Crippen molar-refractivity contribution in [3.05, 3.63) is 35.9 Å². The van der Waals surface area contributed by atoms with Crippen LogP contribution in [-0.4, -0.2) is 45.1 Å². The van der Waals surface area contributed by atoms with Gasteiger partial charge >= 0.3 is 15.6 Å². The van der Waals surface area contributed by atoms with Gasteiger partial charge in [0.25, 0.3) is 0 Å². The van der Waals surface area contributed by atoms with Gasteiger partial charge in [0.1, 0.15) is 12.2 Å². The van der Waals surface area contributed by atoms with E-state index >= 15 is 0 Å². The summed E-state index contributed by atoms with van der Waals surface area (Å²) in [6.07, 6.45) is -1.77. The van der Waals surface area contributed by atoms with E-state index in [0.29, 0.717) is 0 Å². The van der Waals surface area contributed by atoms with Crippen molar-refractivity contribution in [2.45, 2.75) is 44.0 Å². The molecule has 0 radical (unpaired) electrons. The van der Waals surface area contributed by atoms with Gasteiger partial charge in [-0.05, 0) is 19.4 Å². The molecule has 2 rings (SSSR count). The Hall–Kier alpha value is -1.20. The van der Waals surface area contributed by atoms with Crippen LogP contribution in [0.1, 0.15) is 19.4 Å². The lowest BCUT2D eigenvalue weighted by Gasteiger charge is -2.17. The second-order valence-corrected chi connectivity index (χ2v) is 7.50. The predicted molar refractivity (Wildman–Crippen MR) is 80.8 cm³/mol. The lowest BCUT2D eigenvalue weighted by Crippen LogP contribution is -2.35. The molecule has 1 saturated heterocycles. The van der Waals surface area contributed by atoms with E-state index in [0.717, 1.165) is 5.56 Å². The SMILES string of the molecule is CC1(C)O[C@H](COCc2ccccc2)[C@@H](COS(=O)(=O)C(F)(F)F)O1. The average molecular weight is 384 g/mol. The standard InChI is InChI=1S/C15H19F3O6S/c1-14(2)23-12(9-21-8-11-6-4-3-5-7-11)13(24-14)10-22-25(19,20)15(16,17)18/h3-7,12-13H,8-10H2,1-2H3/t12-,13-/m1/s1. The van der Waals surface area contributed by atoms with Gasteiger partial charge in [0.2, 0.25) is 0 Å². The van der Waals surface area contributed by atoms with Gasteiger partial charge in [0.05, 0.1) is 19.8 Å². The van der Waals surface area contributed by atoms with Crippen LogP contribution in [-0.2, 0) is 35.1 Å². The molecule has 1 aliphatic rings. The second-order valence-electron chi connectivity index (χ2n) is 5.90. The minimum Gasteiger partial charge on any atom is -0.374 e. The van der Waals surface area contributed by atoms with E-state index in [2.05, 4.69) is 4.18 Å². The molecule has 0 spiro atoms. The van der Waals surface area contributed by atoms with Crippen molar-refractivity contribution in [3.63, 3.8) is 0 Å². The molecule has 1 aliphatic heterocycles. The zero-order valence-electron chi connectivity index (χ0n) is 13.7. The zero-order valence-corrected chi connectivity index (χ0v) is 14.5. The van der Waals surface area contributed by atoms with Crippen molar-refractivity contribution in [1.29, 1.82) is 0 Å². The fraction of sp³-hybridized carbons (Fsp3) is 0.600. The maximum absolute atomic E-state index is 12.3. The maximum Gasteiger partial charge on any atom is 0.523 e. The fourth-order valence-corrected chi connectivity index (χ4v) is 2.73. The lowest BCUT2D eigenvalue weighted by molar-refractivity contribution is -0.153. The molecule has 0 saturated carbocycles. The van der Waals surface area contributed by atoms with Crippen molar-refractivity contribution >= 4 is 10.1 Å². The monoisotopic (exact) mass is 384 g/mol. The van der Waals surface area contributed by atoms with Crippen molar-refractivity contribution in [2.75, 3.05) is 13.2 Å². The van der Waals surface area contributed by atoms with E-state index in [1.165, 1.54) is 0 Å². The van der Waals surface area contributed by atoms with Gasteiger partial charge in [-0.2, -0.15) is 21.6 Å². The quantitative estimate of drug-likeness (QED) is 0.532. The van der Waals surface area contributed by atoms with Crippen molar-refractivity contribution < 1.29 is 40.0 Å². The Labute approximate surface area is 143 Å². The molecule has 25 heavy (non-hydrogen) atoms. The van der Waals surface area contributed by atoms with Crippen molar-refractivity contribution in [2.24, 2.45) is 0 Å². The Kier molecular flexibility index (Phi) is 6.10. The molecule has 142 valence electrons. The summed E-state index contributed by atoms with van der Waals surface area (Å²) in [5, 5.41) is 0. The molecule has 10 heteroatoms. The molecule has 1 aromatic carbocycles. The van der Waals surface area contributed by atoms with Crippen molar-refractivity contribution in [1.82, 2.24) is 0 Å². The molecule has 0 aliphatic carbocycles. The van der Waals surface area contributed by atoms with E-state index < -0.39 is 40.2 Å². The van der Waals surface area contributed by atoms with Crippen LogP contribution in [0.2, 0.25) is 0 Å². The first-order valence-corrected chi connectivity index (χ1v) is 8.84. The molecular formula is C15H19F3O6S. The van der Waals surface area contributed by atoms with Gasteiger partial charge in [0, 0.05) is 0 Å². The molecule has 1 heterocycles. The predicted octanol–water partition coefficient (Wildman–Crippen LogP) is 2.59. The first-order chi connectivity index (χ1) is 11.5. The van der Waals surface area contributed by atoms with Crippen molar-refractivity contribution in [3.8, 4) is 0 Å². The molecular weight excluding hydrogens is 365 g/mol. The Morgan fingerprint density at radius 1 is 1.08 bits per heavy atom. The summed E-state index contributed by atoms with van der Waals surface area (Å²) in [5.41, 5.74) is -4.57. The summed E-state index contributed by atoms with van der Waals surface area (Å²) in [4.78, 5) is 0. The molecule has 2 atom stereocenters. The van der Waals surface area contributed by atoms with E-state index in [-0.39, 0.29) is 13.2 Å². The van der Waals surface area contributed by atoms with Crippen LogP contribution in [0.5, 0.6) is 0 Å². The number of hydrogen-bond acceptors (Lipinski definition) is 6. The first-order valence-electron chi connectivity index (χ1n) is 7.43. The zero-order chi connectivity index (χ0) is 18.7. The highest BCUT2D eigenvalue weighted by Crippen LogP contribution is 2.31. The second kappa shape index (κ2) is 7.58. The molecule has 6 nitrogen and oxygen atoms in total. The van der Waals surface area contributed by atoms with Crippen LogP contribution >= 0.6 is 0 Å². The molecule has 1 aromatic rings. The van der Waals surface area contributed by atoms with Gasteiger partial charge in [-0.3, -0.25) is 4.18 Å². The van der Waals surface area contributed by atoms with Crippen LogP contribution < -0.4 is 0 Å². The highest BCUT2D eigenvalue weighted by atomic mass is 32.2. The van der Waals surface area contributed by atoms with Gasteiger partial charge in [-0.1, -0.05) is 30.3 Å². The van der Waals surface area contributed by atoms with E-state index in [1.807, 2.05) is 30.3 Å². The number of rotatable bonds is 7. The van der Waals surface area contributed by atoms with Crippen LogP contribution in [0.3, 0.4) is 0 Å². The van der Waals surface area contributed by atoms with Crippen LogP contribution in [0.25, 0.3) is 0 Å². The fourth-order valence-electron chi connectivity index (χ4n) is 2.28. The topological polar surface area (TPSA) is 71.1 Å². The normalized spacial score (nSPS) is 23.7. The molecule has 0 N–H and O–H groups in total. The summed E-state index contributed by atoms with van der Waals surface area (Å²) in [7, 11) is -5.69.